The van der Waals surface area contributed by atoms with Crippen molar-refractivity contribution in [1.29, 1.82) is 0 Å². The molecule has 0 saturated carbocycles. The summed E-state index contributed by atoms with van der Waals surface area (Å²) >= 11 is 1.03. The van der Waals surface area contributed by atoms with Gasteiger partial charge in [0.2, 0.25) is 0 Å². The lowest BCUT2D eigenvalue weighted by Gasteiger charge is -2.43. The van der Waals surface area contributed by atoms with Gasteiger partial charge in [0.25, 0.3) is 0 Å². The summed E-state index contributed by atoms with van der Waals surface area (Å²) in [5, 5.41) is 0. The van der Waals surface area contributed by atoms with E-state index in [1.165, 1.54) is 19.6 Å². The van der Waals surface area contributed by atoms with Gasteiger partial charge >= 0.3 is 47.6 Å². The van der Waals surface area contributed by atoms with Gasteiger partial charge in [-0.2, -0.15) is 74.6 Å². The van der Waals surface area contributed by atoms with E-state index in [-0.39, 0.29) is 0 Å². The maximum absolute atomic E-state index is 13.8. The zero-order valence-corrected chi connectivity index (χ0v) is 18.7. The van der Waals surface area contributed by atoms with Crippen LogP contribution in [0.25, 0.3) is 0 Å². The van der Waals surface area contributed by atoms with Crippen molar-refractivity contribution in [3.05, 3.63) is 0 Å². The molecule has 0 radical (unpaired) electrons. The molecule has 0 aromatic rings. The molecule has 0 rings (SSSR count). The van der Waals surface area contributed by atoms with Crippen LogP contribution in [0, 0.1) is 0 Å². The molecule has 1 unspecified atom stereocenters. The highest BCUT2D eigenvalue weighted by molar-refractivity contribution is 14.1. The van der Waals surface area contributed by atoms with E-state index >= 15 is 0 Å². The molecule has 0 bridgehead atoms. The Labute approximate surface area is 183 Å². The van der Waals surface area contributed by atoms with Crippen molar-refractivity contribution in [2.24, 2.45) is 0 Å². The summed E-state index contributed by atoms with van der Waals surface area (Å²) in [5.41, 5.74) is 0. The fraction of sp³-hybridized carbons (Fsp3) is 1.00. The first kappa shape index (κ1) is 31.8. The standard InChI is InChI=1S/C13H12F17ISi/c1-32(2,3)5(31)4-6(14,15)7(16,17)8(18,19)9(20,21)10(22,23)11(24,25)12(26,27)13(28,29)30/h5H,4H2,1-3H3. The number of hydrogen-bond acceptors (Lipinski definition) is 0. The molecule has 194 valence electrons. The van der Waals surface area contributed by atoms with Gasteiger partial charge in [-0.1, -0.05) is 42.2 Å². The molecular weight excluding hydrogens is 634 g/mol. The normalized spacial score (nSPS) is 17.5. The Morgan fingerprint density at radius 2 is 0.750 bits per heavy atom. The van der Waals surface area contributed by atoms with Crippen molar-refractivity contribution in [1.82, 2.24) is 0 Å². The Bertz CT molecular complexity index is 675. The lowest BCUT2D eigenvalue weighted by Crippen LogP contribution is -2.74. The Morgan fingerprint density at radius 1 is 0.500 bits per heavy atom. The smallest absolute Gasteiger partial charge is 0.200 e. The SMILES string of the molecule is C[Si](C)(C)C(I)CC(F)(F)C(F)(F)C(F)(F)C(F)(F)C(F)(F)C(F)(F)C(F)(F)C(F)(F)F. The van der Waals surface area contributed by atoms with Crippen LogP contribution in [-0.4, -0.2) is 59.3 Å². The van der Waals surface area contributed by atoms with Crippen LogP contribution in [0.15, 0.2) is 0 Å². The first-order chi connectivity index (χ1) is 13.4. The van der Waals surface area contributed by atoms with Crippen LogP contribution in [0.5, 0.6) is 0 Å². The molecule has 0 aromatic heterocycles. The van der Waals surface area contributed by atoms with E-state index in [0.717, 1.165) is 22.6 Å². The van der Waals surface area contributed by atoms with Crippen LogP contribution in [0.2, 0.25) is 19.6 Å². The van der Waals surface area contributed by atoms with Crippen LogP contribution in [0.1, 0.15) is 6.42 Å². The molecule has 0 fully saturated rings. The largest absolute Gasteiger partial charge is 0.460 e. The zero-order valence-electron chi connectivity index (χ0n) is 15.6. The van der Waals surface area contributed by atoms with Gasteiger partial charge in [-0.25, -0.2) is 0 Å². The van der Waals surface area contributed by atoms with Gasteiger partial charge in [-0.15, -0.1) is 0 Å². The van der Waals surface area contributed by atoms with Gasteiger partial charge in [0.1, 0.15) is 0 Å². The molecule has 0 aromatic carbocycles. The molecule has 0 amide bonds. The van der Waals surface area contributed by atoms with Gasteiger partial charge in [0.15, 0.2) is 0 Å². The van der Waals surface area contributed by atoms with E-state index < -0.39 is 65.7 Å². The van der Waals surface area contributed by atoms with E-state index in [0.29, 0.717) is 0 Å². The Kier molecular flexibility index (Phi) is 8.10. The van der Waals surface area contributed by atoms with E-state index in [2.05, 4.69) is 0 Å². The summed E-state index contributed by atoms with van der Waals surface area (Å²) in [4.78, 5) is 0. The van der Waals surface area contributed by atoms with Gasteiger partial charge < -0.3 is 0 Å². The minimum absolute atomic E-state index is 1.03. The number of alkyl halides is 18. The molecule has 0 spiro atoms. The summed E-state index contributed by atoms with van der Waals surface area (Å²) in [6.45, 7) is 3.62. The topological polar surface area (TPSA) is 0 Å². The Hall–Kier alpha value is -0.243. The van der Waals surface area contributed by atoms with Gasteiger partial charge in [0, 0.05) is 9.97 Å². The van der Waals surface area contributed by atoms with Crippen molar-refractivity contribution in [3.8, 4) is 0 Å². The van der Waals surface area contributed by atoms with E-state index in [9.17, 15) is 74.6 Å². The first-order valence-corrected chi connectivity index (χ1v) is 12.6. The average molecular weight is 646 g/mol. The Morgan fingerprint density at radius 3 is 1.00 bits per heavy atom. The Balaban J connectivity index is 6.66. The summed E-state index contributed by atoms with van der Waals surface area (Å²) in [6, 6.07) is 0. The molecule has 32 heavy (non-hydrogen) atoms. The third-order valence-corrected chi connectivity index (χ3v) is 12.3. The minimum Gasteiger partial charge on any atom is -0.200 e. The van der Waals surface area contributed by atoms with Crippen molar-refractivity contribution < 1.29 is 74.6 Å². The maximum atomic E-state index is 13.8. The predicted octanol–water partition coefficient (Wildman–Crippen LogP) is 8.07. The lowest BCUT2D eigenvalue weighted by molar-refractivity contribution is -0.461. The molecule has 1 atom stereocenters. The highest BCUT2D eigenvalue weighted by atomic mass is 127. The molecule has 0 aliphatic heterocycles. The van der Waals surface area contributed by atoms with Crippen LogP contribution in [0.4, 0.5) is 74.6 Å². The second-order valence-corrected chi connectivity index (χ2v) is 15.8. The second kappa shape index (κ2) is 8.16. The monoisotopic (exact) mass is 646 g/mol. The van der Waals surface area contributed by atoms with Crippen molar-refractivity contribution in [2.75, 3.05) is 0 Å². The number of hydrogen-bond donors (Lipinski definition) is 0. The molecule has 0 heterocycles. The lowest BCUT2D eigenvalue weighted by atomic mass is 9.88. The molecule has 19 heteroatoms. The van der Waals surface area contributed by atoms with Crippen LogP contribution in [-0.2, 0) is 0 Å². The molecule has 0 aliphatic rings. The molecule has 0 aliphatic carbocycles. The molecule has 0 N–H and O–H groups in total. The fourth-order valence-corrected chi connectivity index (χ4v) is 3.28. The van der Waals surface area contributed by atoms with E-state index in [4.69, 9.17) is 0 Å². The zero-order chi connectivity index (χ0) is 26.8. The maximum Gasteiger partial charge on any atom is 0.460 e. The van der Waals surface area contributed by atoms with Gasteiger partial charge in [-0.3, -0.25) is 0 Å². The fourth-order valence-electron chi connectivity index (χ4n) is 1.86. The van der Waals surface area contributed by atoms with Crippen LogP contribution in [0.3, 0.4) is 0 Å². The molecular formula is C13H12F17ISi. The van der Waals surface area contributed by atoms with Gasteiger partial charge in [-0.05, 0) is 0 Å². The molecule has 0 saturated heterocycles. The summed E-state index contributed by atoms with van der Waals surface area (Å²) in [5.74, 6) is -55.8. The highest BCUT2D eigenvalue weighted by Crippen LogP contribution is 2.64. The quantitative estimate of drug-likeness (QED) is 0.103. The third kappa shape index (κ3) is 4.52. The first-order valence-electron chi connectivity index (χ1n) is 7.73. The predicted molar refractivity (Wildman–Crippen MR) is 86.5 cm³/mol. The van der Waals surface area contributed by atoms with Crippen LogP contribution < -0.4 is 0 Å². The van der Waals surface area contributed by atoms with E-state index in [1.807, 2.05) is 0 Å². The average Bonchev–Trinajstić information content (AvgIpc) is 2.51. The van der Waals surface area contributed by atoms with Crippen molar-refractivity contribution in [2.45, 2.75) is 77.2 Å². The second-order valence-electron chi connectivity index (χ2n) is 7.69. The van der Waals surface area contributed by atoms with E-state index in [1.54, 1.807) is 0 Å². The molecule has 0 nitrogen and oxygen atoms in total. The van der Waals surface area contributed by atoms with Crippen molar-refractivity contribution >= 4 is 30.7 Å². The third-order valence-electron chi connectivity index (χ3n) is 4.16. The number of rotatable bonds is 9. The minimum atomic E-state index is -8.58. The summed E-state index contributed by atoms with van der Waals surface area (Å²) in [6.07, 6.45) is -10.1. The van der Waals surface area contributed by atoms with Crippen molar-refractivity contribution in [3.63, 3.8) is 0 Å². The van der Waals surface area contributed by atoms with Gasteiger partial charge in [0.05, 0.1) is 8.07 Å². The highest BCUT2D eigenvalue weighted by Gasteiger charge is 2.95. The number of halogens is 18. The summed E-state index contributed by atoms with van der Waals surface area (Å²) < 4.78 is 222. The summed E-state index contributed by atoms with van der Waals surface area (Å²) in [7, 11) is -2.92. The van der Waals surface area contributed by atoms with Crippen LogP contribution >= 0.6 is 22.6 Å².